The molecule has 1 aromatic heterocycles. The Morgan fingerprint density at radius 1 is 1.26 bits per heavy atom. The molecule has 2 aromatic rings. The van der Waals surface area contributed by atoms with Gasteiger partial charge in [0.2, 0.25) is 0 Å². The molecule has 0 atom stereocenters. The Bertz CT molecular complexity index is 591. The molecule has 3 heteroatoms. The maximum atomic E-state index is 12.4. The van der Waals surface area contributed by atoms with Crippen molar-refractivity contribution in [3.8, 4) is 5.75 Å². The van der Waals surface area contributed by atoms with Crippen molar-refractivity contribution in [3.63, 3.8) is 0 Å². The first-order chi connectivity index (χ1) is 9.11. The number of hydrogen-bond acceptors (Lipinski definition) is 3. The number of aromatic nitrogens is 1. The fourth-order valence-electron chi connectivity index (χ4n) is 2.20. The van der Waals surface area contributed by atoms with Gasteiger partial charge in [0.1, 0.15) is 5.75 Å². The molecule has 0 bridgehead atoms. The average Bonchev–Trinajstić information content (AvgIpc) is 2.38. The zero-order chi connectivity index (χ0) is 13.8. The van der Waals surface area contributed by atoms with E-state index < -0.39 is 0 Å². The van der Waals surface area contributed by atoms with E-state index in [1.54, 1.807) is 13.3 Å². The van der Waals surface area contributed by atoms with Crippen LogP contribution < -0.4 is 4.74 Å². The lowest BCUT2D eigenvalue weighted by Gasteiger charge is -2.12. The predicted molar refractivity (Wildman–Crippen MR) is 74.7 cm³/mol. The highest BCUT2D eigenvalue weighted by Gasteiger charge is 2.16. The molecule has 0 amide bonds. The van der Waals surface area contributed by atoms with Crippen LogP contribution in [0, 0.1) is 13.8 Å². The third-order valence-electron chi connectivity index (χ3n) is 3.01. The van der Waals surface area contributed by atoms with E-state index in [-0.39, 0.29) is 5.78 Å². The normalized spacial score (nSPS) is 10.3. The van der Waals surface area contributed by atoms with Gasteiger partial charge in [-0.1, -0.05) is 12.1 Å². The third kappa shape index (κ3) is 2.99. The van der Waals surface area contributed by atoms with Gasteiger partial charge in [-0.3, -0.25) is 9.78 Å². The van der Waals surface area contributed by atoms with Crippen molar-refractivity contribution in [1.82, 2.24) is 4.98 Å². The molecule has 1 heterocycles. The minimum absolute atomic E-state index is 0.0352. The second-order valence-electron chi connectivity index (χ2n) is 4.58. The lowest BCUT2D eigenvalue weighted by molar-refractivity contribution is 0.0988. The molecule has 0 aliphatic carbocycles. The number of nitrogens with zero attached hydrogens (tertiary/aromatic N) is 1. The Labute approximate surface area is 113 Å². The Hall–Kier alpha value is -2.16. The number of rotatable bonds is 4. The predicted octanol–water partition coefficient (Wildman–Crippen LogP) is 3.13. The molecule has 1 aromatic carbocycles. The first kappa shape index (κ1) is 13.3. The van der Waals surface area contributed by atoms with Gasteiger partial charge in [-0.2, -0.15) is 0 Å². The van der Waals surface area contributed by atoms with Crippen molar-refractivity contribution in [2.24, 2.45) is 0 Å². The molecule has 0 saturated heterocycles. The van der Waals surface area contributed by atoms with E-state index in [1.165, 1.54) is 0 Å². The Kier molecular flexibility index (Phi) is 3.95. The van der Waals surface area contributed by atoms with E-state index >= 15 is 0 Å². The number of ether oxygens (including phenoxy) is 1. The first-order valence-electron chi connectivity index (χ1n) is 6.20. The standard InChI is InChI=1S/C16H17NO2/c1-11-8-12(2)16(15(9-11)19-3)14(18)10-13-6-4-5-7-17-13/h4-9H,10H2,1-3H3. The minimum atomic E-state index is 0.0352. The van der Waals surface area contributed by atoms with Crippen LogP contribution in [0.1, 0.15) is 27.2 Å². The first-order valence-corrected chi connectivity index (χ1v) is 6.20. The van der Waals surface area contributed by atoms with Gasteiger partial charge in [0.15, 0.2) is 5.78 Å². The largest absolute Gasteiger partial charge is 0.496 e. The second kappa shape index (κ2) is 5.65. The van der Waals surface area contributed by atoms with Crippen molar-refractivity contribution in [2.45, 2.75) is 20.3 Å². The number of hydrogen-bond donors (Lipinski definition) is 0. The molecule has 98 valence electrons. The molecule has 0 unspecified atom stereocenters. The fraction of sp³-hybridized carbons (Fsp3) is 0.250. The van der Waals surface area contributed by atoms with Gasteiger partial charge in [-0.25, -0.2) is 0 Å². The number of aryl methyl sites for hydroxylation is 2. The maximum Gasteiger partial charge on any atom is 0.172 e. The maximum absolute atomic E-state index is 12.4. The monoisotopic (exact) mass is 255 g/mol. The average molecular weight is 255 g/mol. The van der Waals surface area contributed by atoms with Gasteiger partial charge in [0, 0.05) is 11.9 Å². The molecule has 0 fully saturated rings. The summed E-state index contributed by atoms with van der Waals surface area (Å²) in [6.45, 7) is 3.92. The topological polar surface area (TPSA) is 39.2 Å². The Morgan fingerprint density at radius 3 is 2.68 bits per heavy atom. The number of ketones is 1. The van der Waals surface area contributed by atoms with Crippen molar-refractivity contribution < 1.29 is 9.53 Å². The molecular formula is C16H17NO2. The lowest BCUT2D eigenvalue weighted by Crippen LogP contribution is -2.09. The van der Waals surface area contributed by atoms with E-state index in [2.05, 4.69) is 4.98 Å². The van der Waals surface area contributed by atoms with E-state index in [4.69, 9.17) is 4.74 Å². The van der Waals surface area contributed by atoms with Crippen LogP contribution in [-0.2, 0) is 6.42 Å². The van der Waals surface area contributed by atoms with Crippen molar-refractivity contribution in [2.75, 3.05) is 7.11 Å². The summed E-state index contributed by atoms with van der Waals surface area (Å²) in [6, 6.07) is 9.46. The van der Waals surface area contributed by atoms with Crippen molar-refractivity contribution >= 4 is 5.78 Å². The van der Waals surface area contributed by atoms with Crippen LogP contribution in [-0.4, -0.2) is 17.9 Å². The van der Waals surface area contributed by atoms with Gasteiger partial charge in [0.25, 0.3) is 0 Å². The van der Waals surface area contributed by atoms with Crippen LogP contribution in [0.3, 0.4) is 0 Å². The number of Topliss-reactive ketones (excluding diaryl/α,β-unsaturated/α-hetero) is 1. The molecule has 0 aliphatic rings. The van der Waals surface area contributed by atoms with Crippen LogP contribution >= 0.6 is 0 Å². The zero-order valence-electron chi connectivity index (χ0n) is 11.4. The van der Waals surface area contributed by atoms with Crippen LogP contribution in [0.2, 0.25) is 0 Å². The minimum Gasteiger partial charge on any atom is -0.496 e. The SMILES string of the molecule is COc1cc(C)cc(C)c1C(=O)Cc1ccccn1. The van der Waals surface area contributed by atoms with Gasteiger partial charge in [-0.05, 0) is 43.2 Å². The van der Waals surface area contributed by atoms with Gasteiger partial charge in [-0.15, -0.1) is 0 Å². The Morgan fingerprint density at radius 2 is 2.05 bits per heavy atom. The molecule has 2 rings (SSSR count). The lowest BCUT2D eigenvalue weighted by atomic mass is 9.98. The van der Waals surface area contributed by atoms with Crippen molar-refractivity contribution in [1.29, 1.82) is 0 Å². The number of methoxy groups -OCH3 is 1. The van der Waals surface area contributed by atoms with E-state index in [1.807, 2.05) is 44.2 Å². The van der Waals surface area contributed by atoms with Gasteiger partial charge in [0.05, 0.1) is 19.1 Å². The van der Waals surface area contributed by atoms with Crippen LogP contribution in [0.5, 0.6) is 5.75 Å². The molecule has 0 saturated carbocycles. The Balaban J connectivity index is 2.34. The molecule has 0 aliphatic heterocycles. The van der Waals surface area contributed by atoms with E-state index in [9.17, 15) is 4.79 Å². The van der Waals surface area contributed by atoms with Gasteiger partial charge < -0.3 is 4.74 Å². The van der Waals surface area contributed by atoms with Crippen molar-refractivity contribution in [3.05, 3.63) is 58.9 Å². The second-order valence-corrected chi connectivity index (χ2v) is 4.58. The number of carbonyl (C=O) groups is 1. The third-order valence-corrected chi connectivity index (χ3v) is 3.01. The molecule has 3 nitrogen and oxygen atoms in total. The summed E-state index contributed by atoms with van der Waals surface area (Å²) in [4.78, 5) is 16.6. The smallest absolute Gasteiger partial charge is 0.172 e. The number of benzene rings is 1. The summed E-state index contributed by atoms with van der Waals surface area (Å²) >= 11 is 0. The summed E-state index contributed by atoms with van der Waals surface area (Å²) in [5.74, 6) is 0.673. The summed E-state index contributed by atoms with van der Waals surface area (Å²) in [7, 11) is 1.59. The summed E-state index contributed by atoms with van der Waals surface area (Å²) in [5.41, 5.74) is 3.45. The van der Waals surface area contributed by atoms with Crippen LogP contribution in [0.25, 0.3) is 0 Å². The molecule has 0 N–H and O–H groups in total. The quantitative estimate of drug-likeness (QED) is 0.788. The molecule has 0 radical (unpaired) electrons. The summed E-state index contributed by atoms with van der Waals surface area (Å²) in [6.07, 6.45) is 1.99. The molecular weight excluding hydrogens is 238 g/mol. The highest BCUT2D eigenvalue weighted by atomic mass is 16.5. The van der Waals surface area contributed by atoms with Gasteiger partial charge >= 0.3 is 0 Å². The molecule has 0 spiro atoms. The summed E-state index contributed by atoms with van der Waals surface area (Å²) < 4.78 is 5.32. The van der Waals surface area contributed by atoms with Crippen LogP contribution in [0.15, 0.2) is 36.5 Å². The highest BCUT2D eigenvalue weighted by Crippen LogP contribution is 2.25. The zero-order valence-corrected chi connectivity index (χ0v) is 11.4. The number of carbonyl (C=O) groups excluding carboxylic acids is 1. The summed E-state index contributed by atoms with van der Waals surface area (Å²) in [5, 5.41) is 0. The number of pyridine rings is 1. The fourth-order valence-corrected chi connectivity index (χ4v) is 2.20. The van der Waals surface area contributed by atoms with E-state index in [0.717, 1.165) is 16.8 Å². The highest BCUT2D eigenvalue weighted by molar-refractivity contribution is 6.01. The molecule has 19 heavy (non-hydrogen) atoms. The van der Waals surface area contributed by atoms with Crippen LogP contribution in [0.4, 0.5) is 0 Å². The van der Waals surface area contributed by atoms with E-state index in [0.29, 0.717) is 17.7 Å².